The highest BCUT2D eigenvalue weighted by Gasteiger charge is 2.25. The summed E-state index contributed by atoms with van der Waals surface area (Å²) in [4.78, 5) is 12.3. The second kappa shape index (κ2) is 8.18. The Labute approximate surface area is 127 Å². The molecule has 1 fully saturated rings. The van der Waals surface area contributed by atoms with Crippen molar-refractivity contribution in [1.29, 1.82) is 0 Å². The minimum absolute atomic E-state index is 0.00620. The molecule has 1 aliphatic rings. The lowest BCUT2D eigenvalue weighted by atomic mass is 9.79. The van der Waals surface area contributed by atoms with Crippen LogP contribution in [0.15, 0.2) is 24.3 Å². The molecule has 1 saturated carbocycles. The Morgan fingerprint density at radius 3 is 2.71 bits per heavy atom. The number of hydrogen-bond donors (Lipinski definition) is 2. The van der Waals surface area contributed by atoms with Crippen molar-refractivity contribution in [1.82, 2.24) is 0 Å². The number of nitrogens with one attached hydrogen (secondary N) is 1. The first-order valence-corrected chi connectivity index (χ1v) is 8.23. The van der Waals surface area contributed by atoms with Gasteiger partial charge in [0.25, 0.3) is 0 Å². The fourth-order valence-corrected chi connectivity index (χ4v) is 3.20. The fourth-order valence-electron chi connectivity index (χ4n) is 3.20. The molecule has 0 unspecified atom stereocenters. The van der Waals surface area contributed by atoms with Gasteiger partial charge in [0.05, 0.1) is 6.61 Å². The van der Waals surface area contributed by atoms with Crippen LogP contribution in [0.1, 0.15) is 57.4 Å². The Morgan fingerprint density at radius 2 is 2.05 bits per heavy atom. The summed E-state index contributed by atoms with van der Waals surface area (Å²) in [7, 11) is 0. The average Bonchev–Trinajstić information content (AvgIpc) is 2.53. The van der Waals surface area contributed by atoms with E-state index in [0.29, 0.717) is 0 Å². The third-order valence-corrected chi connectivity index (χ3v) is 4.56. The van der Waals surface area contributed by atoms with Gasteiger partial charge in [-0.25, -0.2) is 0 Å². The summed E-state index contributed by atoms with van der Waals surface area (Å²) in [5, 5.41) is 12.1. The number of carbonyl (C=O) groups is 1. The number of aliphatic hydroxyl groups excluding tert-OH is 1. The van der Waals surface area contributed by atoms with E-state index in [1.807, 2.05) is 24.3 Å². The second-order valence-corrected chi connectivity index (χ2v) is 6.21. The third-order valence-electron chi connectivity index (χ3n) is 4.56. The maximum atomic E-state index is 12.3. The number of aliphatic hydroxyl groups is 1. The summed E-state index contributed by atoms with van der Waals surface area (Å²) in [6, 6.07) is 7.44. The largest absolute Gasteiger partial charge is 0.392 e. The minimum atomic E-state index is 0.00620. The number of anilines is 1. The highest BCUT2D eigenvalue weighted by atomic mass is 16.3. The molecular formula is C18H27NO2. The lowest BCUT2D eigenvalue weighted by Gasteiger charge is -2.27. The van der Waals surface area contributed by atoms with Crippen LogP contribution >= 0.6 is 0 Å². The van der Waals surface area contributed by atoms with Crippen LogP contribution in [0.25, 0.3) is 0 Å². The van der Waals surface area contributed by atoms with E-state index in [0.717, 1.165) is 30.0 Å². The first kappa shape index (κ1) is 16.0. The molecule has 0 aliphatic heterocycles. The molecule has 0 heterocycles. The van der Waals surface area contributed by atoms with E-state index >= 15 is 0 Å². The predicted molar refractivity (Wildman–Crippen MR) is 86.0 cm³/mol. The van der Waals surface area contributed by atoms with E-state index in [4.69, 9.17) is 5.11 Å². The van der Waals surface area contributed by atoms with Crippen molar-refractivity contribution in [3.63, 3.8) is 0 Å². The Morgan fingerprint density at radius 1 is 1.29 bits per heavy atom. The fraction of sp³-hybridized carbons (Fsp3) is 0.611. The van der Waals surface area contributed by atoms with Crippen molar-refractivity contribution in [3.05, 3.63) is 29.8 Å². The topological polar surface area (TPSA) is 49.3 Å². The molecule has 0 spiro atoms. The summed E-state index contributed by atoms with van der Waals surface area (Å²) in [5.41, 5.74) is 1.62. The highest BCUT2D eigenvalue weighted by Crippen LogP contribution is 2.32. The van der Waals surface area contributed by atoms with Crippen LogP contribution in [0.5, 0.6) is 0 Å². The Balaban J connectivity index is 1.81. The van der Waals surface area contributed by atoms with Gasteiger partial charge >= 0.3 is 0 Å². The van der Waals surface area contributed by atoms with Gasteiger partial charge in [-0.15, -0.1) is 0 Å². The predicted octanol–water partition coefficient (Wildman–Crippen LogP) is 4.11. The average molecular weight is 289 g/mol. The Bertz CT molecular complexity index is 450. The molecule has 3 nitrogen and oxygen atoms in total. The Hall–Kier alpha value is -1.35. The van der Waals surface area contributed by atoms with E-state index in [1.165, 1.54) is 32.1 Å². The molecule has 0 saturated heterocycles. The Kier molecular flexibility index (Phi) is 6.24. The van der Waals surface area contributed by atoms with Crippen molar-refractivity contribution in [2.45, 2.75) is 58.5 Å². The standard InChI is InChI=1S/C18H27NO2/c1-2-3-5-14-8-10-16(11-9-14)18(21)19-17-7-4-6-15(12-17)13-20/h4,6-7,12,14,16,20H,2-3,5,8-11,13H2,1H3,(H,19,21). The molecule has 2 N–H and O–H groups in total. The third kappa shape index (κ3) is 4.85. The molecule has 21 heavy (non-hydrogen) atoms. The number of carbonyl (C=O) groups excluding carboxylic acids is 1. The van der Waals surface area contributed by atoms with Gasteiger partial charge in [0, 0.05) is 11.6 Å². The zero-order valence-electron chi connectivity index (χ0n) is 13.0. The van der Waals surface area contributed by atoms with Gasteiger partial charge in [-0.05, 0) is 49.3 Å². The minimum Gasteiger partial charge on any atom is -0.392 e. The van der Waals surface area contributed by atoms with Crippen LogP contribution in [0, 0.1) is 11.8 Å². The molecule has 0 radical (unpaired) electrons. The van der Waals surface area contributed by atoms with Gasteiger partial charge < -0.3 is 10.4 Å². The van der Waals surface area contributed by atoms with Crippen LogP contribution in [-0.4, -0.2) is 11.0 Å². The molecule has 0 aromatic heterocycles. The summed E-state index contributed by atoms with van der Waals surface area (Å²) >= 11 is 0. The molecular weight excluding hydrogens is 262 g/mol. The maximum Gasteiger partial charge on any atom is 0.227 e. The molecule has 0 bridgehead atoms. The summed E-state index contributed by atoms with van der Waals surface area (Å²) in [6.45, 7) is 2.24. The molecule has 2 rings (SSSR count). The number of amides is 1. The number of unbranched alkanes of at least 4 members (excludes halogenated alkanes) is 1. The smallest absolute Gasteiger partial charge is 0.227 e. The monoisotopic (exact) mass is 289 g/mol. The zero-order valence-corrected chi connectivity index (χ0v) is 13.0. The molecule has 3 heteroatoms. The lowest BCUT2D eigenvalue weighted by molar-refractivity contribution is -0.121. The quantitative estimate of drug-likeness (QED) is 0.828. The van der Waals surface area contributed by atoms with E-state index in [1.54, 1.807) is 0 Å². The SMILES string of the molecule is CCCCC1CCC(C(=O)Nc2cccc(CO)c2)CC1. The van der Waals surface area contributed by atoms with Crippen LogP contribution in [0.3, 0.4) is 0 Å². The van der Waals surface area contributed by atoms with E-state index in [9.17, 15) is 4.79 Å². The van der Waals surface area contributed by atoms with Crippen molar-refractivity contribution in [2.24, 2.45) is 11.8 Å². The van der Waals surface area contributed by atoms with Crippen molar-refractivity contribution < 1.29 is 9.90 Å². The van der Waals surface area contributed by atoms with E-state index < -0.39 is 0 Å². The van der Waals surface area contributed by atoms with Crippen LogP contribution in [0.4, 0.5) is 5.69 Å². The van der Waals surface area contributed by atoms with Crippen molar-refractivity contribution >= 4 is 11.6 Å². The van der Waals surface area contributed by atoms with Gasteiger partial charge in [0.15, 0.2) is 0 Å². The second-order valence-electron chi connectivity index (χ2n) is 6.21. The summed E-state index contributed by atoms with van der Waals surface area (Å²) in [5.74, 6) is 1.12. The van der Waals surface area contributed by atoms with E-state index in [-0.39, 0.29) is 18.4 Å². The van der Waals surface area contributed by atoms with Gasteiger partial charge in [0.1, 0.15) is 0 Å². The van der Waals surface area contributed by atoms with Crippen molar-refractivity contribution in [2.75, 3.05) is 5.32 Å². The van der Waals surface area contributed by atoms with Gasteiger partial charge in [-0.2, -0.15) is 0 Å². The van der Waals surface area contributed by atoms with E-state index in [2.05, 4.69) is 12.2 Å². The molecule has 116 valence electrons. The first-order chi connectivity index (χ1) is 10.2. The molecule has 1 aliphatic carbocycles. The lowest BCUT2D eigenvalue weighted by Crippen LogP contribution is -2.27. The number of hydrogen-bond acceptors (Lipinski definition) is 2. The van der Waals surface area contributed by atoms with Crippen LogP contribution < -0.4 is 5.32 Å². The van der Waals surface area contributed by atoms with Gasteiger partial charge in [-0.1, -0.05) is 38.3 Å². The molecule has 1 aromatic rings. The first-order valence-electron chi connectivity index (χ1n) is 8.23. The molecule has 1 aromatic carbocycles. The van der Waals surface area contributed by atoms with Gasteiger partial charge in [0.2, 0.25) is 5.91 Å². The summed E-state index contributed by atoms with van der Waals surface area (Å²) < 4.78 is 0. The highest BCUT2D eigenvalue weighted by molar-refractivity contribution is 5.92. The molecule has 1 amide bonds. The summed E-state index contributed by atoms with van der Waals surface area (Å²) in [6.07, 6.45) is 8.31. The number of benzene rings is 1. The molecule has 0 atom stereocenters. The van der Waals surface area contributed by atoms with Crippen molar-refractivity contribution in [3.8, 4) is 0 Å². The van der Waals surface area contributed by atoms with Crippen LogP contribution in [0.2, 0.25) is 0 Å². The normalized spacial score (nSPS) is 22.0. The zero-order chi connectivity index (χ0) is 15.1. The number of rotatable bonds is 6. The van der Waals surface area contributed by atoms with Crippen LogP contribution in [-0.2, 0) is 11.4 Å². The van der Waals surface area contributed by atoms with Gasteiger partial charge in [-0.3, -0.25) is 4.79 Å². The maximum absolute atomic E-state index is 12.3.